The van der Waals surface area contributed by atoms with Crippen molar-refractivity contribution in [1.82, 2.24) is 0 Å². The van der Waals surface area contributed by atoms with E-state index >= 15 is 0 Å². The Balaban J connectivity index is 1.97. The molecule has 2 rings (SSSR count). The van der Waals surface area contributed by atoms with E-state index in [1.165, 1.54) is 0 Å². The van der Waals surface area contributed by atoms with Gasteiger partial charge in [-0.05, 0) is 17.7 Å². The van der Waals surface area contributed by atoms with Gasteiger partial charge in [-0.3, -0.25) is 4.18 Å². The smallest absolute Gasteiger partial charge is 0.266 e. The summed E-state index contributed by atoms with van der Waals surface area (Å²) < 4.78 is 28.6. The first-order valence-corrected chi connectivity index (χ1v) is 7.91. The van der Waals surface area contributed by atoms with Crippen LogP contribution in [-0.2, 0) is 20.1 Å². The summed E-state index contributed by atoms with van der Waals surface area (Å²) in [5, 5.41) is 0. The van der Waals surface area contributed by atoms with Gasteiger partial charge in [-0.1, -0.05) is 30.3 Å². The van der Waals surface area contributed by atoms with E-state index in [9.17, 15) is 8.42 Å². The summed E-state index contributed by atoms with van der Waals surface area (Å²) in [7, 11) is -3.43. The maximum atomic E-state index is 11.7. The van der Waals surface area contributed by atoms with Gasteiger partial charge in [-0.15, -0.1) is 0 Å². The van der Waals surface area contributed by atoms with Crippen molar-refractivity contribution in [3.05, 3.63) is 35.9 Å². The summed E-state index contributed by atoms with van der Waals surface area (Å²) in [6.07, 6.45) is 0.706. The highest BCUT2D eigenvalue weighted by Crippen LogP contribution is 2.22. The highest BCUT2D eigenvalue weighted by Gasteiger charge is 2.23. The summed E-state index contributed by atoms with van der Waals surface area (Å²) in [4.78, 5) is 0. The van der Waals surface area contributed by atoms with Crippen LogP contribution < -0.4 is 0 Å². The van der Waals surface area contributed by atoms with Gasteiger partial charge in [0.25, 0.3) is 10.1 Å². The van der Waals surface area contributed by atoms with Crippen LogP contribution in [0.5, 0.6) is 0 Å². The van der Waals surface area contributed by atoms with Crippen molar-refractivity contribution in [2.75, 3.05) is 11.5 Å². The third-order valence-corrected chi connectivity index (χ3v) is 4.74. The molecule has 3 nitrogen and oxygen atoms in total. The van der Waals surface area contributed by atoms with E-state index in [1.807, 2.05) is 18.2 Å². The monoisotopic (exact) mass is 258 g/mol. The molecule has 0 unspecified atom stereocenters. The fourth-order valence-corrected chi connectivity index (χ4v) is 4.04. The van der Waals surface area contributed by atoms with Gasteiger partial charge in [0.05, 0.1) is 6.10 Å². The Kier molecular flexibility index (Phi) is 3.89. The molecular weight excluding hydrogens is 244 g/mol. The van der Waals surface area contributed by atoms with Crippen molar-refractivity contribution in [2.45, 2.75) is 18.3 Å². The standard InChI is InChI=1S/C11H14O3S2/c12-16(13,14-11-6-7-15-8-11)9-10-4-2-1-3-5-10/h1-5,11H,6-9H2/t11-/m1/s1. The second kappa shape index (κ2) is 5.21. The largest absolute Gasteiger partial charge is 0.271 e. The Morgan fingerprint density at radius 2 is 2.06 bits per heavy atom. The van der Waals surface area contributed by atoms with E-state index in [0.717, 1.165) is 23.5 Å². The fourth-order valence-electron chi connectivity index (χ4n) is 1.61. The minimum Gasteiger partial charge on any atom is -0.266 e. The van der Waals surface area contributed by atoms with Gasteiger partial charge in [0.15, 0.2) is 0 Å². The molecule has 16 heavy (non-hydrogen) atoms. The number of hydrogen-bond donors (Lipinski definition) is 0. The van der Waals surface area contributed by atoms with Crippen molar-refractivity contribution in [2.24, 2.45) is 0 Å². The van der Waals surface area contributed by atoms with E-state index in [0.29, 0.717) is 0 Å². The van der Waals surface area contributed by atoms with Gasteiger partial charge in [-0.25, -0.2) is 0 Å². The van der Waals surface area contributed by atoms with Crippen LogP contribution >= 0.6 is 11.8 Å². The lowest BCUT2D eigenvalue weighted by atomic mass is 10.2. The maximum absolute atomic E-state index is 11.7. The van der Waals surface area contributed by atoms with Gasteiger partial charge in [-0.2, -0.15) is 20.2 Å². The fraction of sp³-hybridized carbons (Fsp3) is 0.455. The van der Waals surface area contributed by atoms with Crippen LogP contribution in [0.4, 0.5) is 0 Å². The molecule has 1 atom stereocenters. The van der Waals surface area contributed by atoms with Gasteiger partial charge >= 0.3 is 0 Å². The zero-order valence-electron chi connectivity index (χ0n) is 8.83. The average molecular weight is 258 g/mol. The lowest BCUT2D eigenvalue weighted by Gasteiger charge is -2.10. The molecule has 0 aliphatic carbocycles. The second-order valence-electron chi connectivity index (χ2n) is 3.77. The molecule has 1 aromatic carbocycles. The predicted molar refractivity (Wildman–Crippen MR) is 65.9 cm³/mol. The van der Waals surface area contributed by atoms with Crippen LogP contribution in [0.2, 0.25) is 0 Å². The molecule has 0 amide bonds. The molecule has 1 aliphatic rings. The molecule has 0 radical (unpaired) electrons. The Morgan fingerprint density at radius 3 is 2.69 bits per heavy atom. The number of benzene rings is 1. The Bertz CT molecular complexity index is 422. The molecule has 1 saturated heterocycles. The van der Waals surface area contributed by atoms with Gasteiger partial charge in [0.2, 0.25) is 0 Å². The minimum atomic E-state index is -3.43. The van der Waals surface area contributed by atoms with Crippen molar-refractivity contribution in [3.63, 3.8) is 0 Å². The van der Waals surface area contributed by atoms with Crippen LogP contribution in [0, 0.1) is 0 Å². The topological polar surface area (TPSA) is 43.4 Å². The van der Waals surface area contributed by atoms with Crippen LogP contribution in [0.25, 0.3) is 0 Å². The molecule has 1 fully saturated rings. The van der Waals surface area contributed by atoms with Crippen molar-refractivity contribution in [1.29, 1.82) is 0 Å². The van der Waals surface area contributed by atoms with Gasteiger partial charge in [0, 0.05) is 5.75 Å². The highest BCUT2D eigenvalue weighted by molar-refractivity contribution is 7.99. The second-order valence-corrected chi connectivity index (χ2v) is 6.52. The lowest BCUT2D eigenvalue weighted by molar-refractivity contribution is 0.236. The molecule has 1 aromatic rings. The molecule has 88 valence electrons. The average Bonchev–Trinajstić information content (AvgIpc) is 2.70. The summed E-state index contributed by atoms with van der Waals surface area (Å²) in [6.45, 7) is 0. The quantitative estimate of drug-likeness (QED) is 0.775. The van der Waals surface area contributed by atoms with E-state index < -0.39 is 10.1 Å². The molecular formula is C11H14O3S2. The van der Waals surface area contributed by atoms with E-state index in [-0.39, 0.29) is 11.9 Å². The van der Waals surface area contributed by atoms with Crippen molar-refractivity contribution >= 4 is 21.9 Å². The highest BCUT2D eigenvalue weighted by atomic mass is 32.2. The van der Waals surface area contributed by atoms with Crippen LogP contribution in [-0.4, -0.2) is 26.0 Å². The van der Waals surface area contributed by atoms with Crippen LogP contribution in [0.1, 0.15) is 12.0 Å². The Labute approximate surface area is 100 Å². The molecule has 0 spiro atoms. The maximum Gasteiger partial charge on any atom is 0.271 e. The van der Waals surface area contributed by atoms with Crippen molar-refractivity contribution in [3.8, 4) is 0 Å². The molecule has 0 N–H and O–H groups in total. The summed E-state index contributed by atoms with van der Waals surface area (Å²) in [6, 6.07) is 9.12. The zero-order valence-corrected chi connectivity index (χ0v) is 10.5. The molecule has 0 aromatic heterocycles. The Hall–Kier alpha value is -0.520. The first-order chi connectivity index (χ1) is 7.66. The number of hydrogen-bond acceptors (Lipinski definition) is 4. The van der Waals surface area contributed by atoms with E-state index in [1.54, 1.807) is 23.9 Å². The molecule has 1 aliphatic heterocycles. The summed E-state index contributed by atoms with van der Waals surface area (Å²) >= 11 is 1.74. The Morgan fingerprint density at radius 1 is 1.31 bits per heavy atom. The third-order valence-electron chi connectivity index (χ3n) is 2.36. The lowest BCUT2D eigenvalue weighted by Crippen LogP contribution is -2.19. The summed E-state index contributed by atoms with van der Waals surface area (Å²) in [5.41, 5.74) is 0.771. The van der Waals surface area contributed by atoms with Crippen LogP contribution in [0.15, 0.2) is 30.3 Å². The van der Waals surface area contributed by atoms with Crippen molar-refractivity contribution < 1.29 is 12.6 Å². The SMILES string of the molecule is O=S(=O)(Cc1ccccc1)O[C@@H]1CCSC1. The molecule has 0 bridgehead atoms. The van der Waals surface area contributed by atoms with E-state index in [4.69, 9.17) is 4.18 Å². The first-order valence-electron chi connectivity index (χ1n) is 5.18. The third kappa shape index (κ3) is 3.50. The van der Waals surface area contributed by atoms with Gasteiger partial charge in [0.1, 0.15) is 5.75 Å². The number of thioether (sulfide) groups is 1. The molecule has 0 saturated carbocycles. The van der Waals surface area contributed by atoms with E-state index in [2.05, 4.69) is 0 Å². The van der Waals surface area contributed by atoms with Gasteiger partial charge < -0.3 is 0 Å². The zero-order chi connectivity index (χ0) is 11.4. The minimum absolute atomic E-state index is 0.0327. The molecule has 5 heteroatoms. The van der Waals surface area contributed by atoms with Crippen LogP contribution in [0.3, 0.4) is 0 Å². The normalized spacial score (nSPS) is 21.1. The first kappa shape index (κ1) is 12.0. The molecule has 1 heterocycles. The summed E-state index contributed by atoms with van der Waals surface area (Å²) in [5.74, 6) is 1.74. The predicted octanol–water partition coefficient (Wildman–Crippen LogP) is 2.04. The number of rotatable bonds is 4.